The minimum Gasteiger partial charge on any atom is -0.382 e. The number of hydrogen-bond donors (Lipinski definition) is 2. The van der Waals surface area contributed by atoms with Crippen LogP contribution < -0.4 is 10.6 Å². The van der Waals surface area contributed by atoms with Gasteiger partial charge in [0.25, 0.3) is 0 Å². The molecule has 0 unspecified atom stereocenters. The predicted octanol–water partition coefficient (Wildman–Crippen LogP) is 2.94. The van der Waals surface area contributed by atoms with E-state index in [1.807, 2.05) is 26.0 Å². The van der Waals surface area contributed by atoms with Crippen LogP contribution in [0.3, 0.4) is 0 Å². The van der Waals surface area contributed by atoms with E-state index in [1.165, 1.54) is 6.07 Å². The van der Waals surface area contributed by atoms with E-state index in [0.29, 0.717) is 37.9 Å². The highest BCUT2D eigenvalue weighted by atomic mass is 127. The molecule has 0 saturated carbocycles. The van der Waals surface area contributed by atoms with Crippen LogP contribution in [-0.2, 0) is 14.9 Å². The van der Waals surface area contributed by atoms with Gasteiger partial charge in [-0.15, -0.1) is 24.0 Å². The molecule has 0 saturated heterocycles. The highest BCUT2D eigenvalue weighted by molar-refractivity contribution is 14.0. The Morgan fingerprint density at radius 3 is 2.52 bits per heavy atom. The minimum absolute atomic E-state index is 0. The lowest BCUT2D eigenvalue weighted by Crippen LogP contribution is -2.44. The molecule has 0 aliphatic heterocycles. The standard InChI is InChI=1S/C18H30FN3O2.HI/c1-18(2,15-8-5-6-9-16(15)19)14-22-17(20-3)21-10-7-11-24-13-12-23-4;/h5-6,8-9H,7,10-14H2,1-4H3,(H2,20,21,22);1H. The third-order valence-electron chi connectivity index (χ3n) is 3.71. The van der Waals surface area contributed by atoms with Crippen molar-refractivity contribution in [3.05, 3.63) is 35.6 Å². The molecule has 5 nitrogen and oxygen atoms in total. The first kappa shape index (κ1) is 24.1. The van der Waals surface area contributed by atoms with Gasteiger partial charge in [-0.25, -0.2) is 4.39 Å². The van der Waals surface area contributed by atoms with Crippen LogP contribution in [0.1, 0.15) is 25.8 Å². The number of halogens is 2. The first-order chi connectivity index (χ1) is 11.5. The number of benzene rings is 1. The van der Waals surface area contributed by atoms with Crippen LogP contribution in [0.5, 0.6) is 0 Å². The molecule has 144 valence electrons. The van der Waals surface area contributed by atoms with Crippen molar-refractivity contribution in [2.75, 3.05) is 47.1 Å². The first-order valence-electron chi connectivity index (χ1n) is 8.27. The maximum Gasteiger partial charge on any atom is 0.191 e. The Balaban J connectivity index is 0.00000576. The van der Waals surface area contributed by atoms with Crippen molar-refractivity contribution in [3.63, 3.8) is 0 Å². The molecule has 25 heavy (non-hydrogen) atoms. The Morgan fingerprint density at radius 1 is 1.16 bits per heavy atom. The largest absolute Gasteiger partial charge is 0.382 e. The lowest BCUT2D eigenvalue weighted by Gasteiger charge is -2.27. The lowest BCUT2D eigenvalue weighted by atomic mass is 9.84. The van der Waals surface area contributed by atoms with Crippen LogP contribution in [0.2, 0.25) is 0 Å². The maximum atomic E-state index is 14.0. The van der Waals surface area contributed by atoms with Crippen LogP contribution in [0, 0.1) is 5.82 Å². The fraction of sp³-hybridized carbons (Fsp3) is 0.611. The average Bonchev–Trinajstić information content (AvgIpc) is 2.57. The number of ether oxygens (including phenoxy) is 2. The number of nitrogens with zero attached hydrogens (tertiary/aromatic N) is 1. The molecule has 1 aromatic rings. The molecule has 0 amide bonds. The number of hydrogen-bond acceptors (Lipinski definition) is 3. The fourth-order valence-electron chi connectivity index (χ4n) is 2.26. The maximum absolute atomic E-state index is 14.0. The smallest absolute Gasteiger partial charge is 0.191 e. The van der Waals surface area contributed by atoms with E-state index >= 15 is 0 Å². The van der Waals surface area contributed by atoms with E-state index in [1.54, 1.807) is 20.2 Å². The average molecular weight is 467 g/mol. The Kier molecular flexibility index (Phi) is 12.8. The molecule has 0 aliphatic rings. The van der Waals surface area contributed by atoms with Gasteiger partial charge in [0, 0.05) is 39.3 Å². The normalized spacial score (nSPS) is 11.8. The molecule has 1 aromatic carbocycles. The summed E-state index contributed by atoms with van der Waals surface area (Å²) in [7, 11) is 3.38. The summed E-state index contributed by atoms with van der Waals surface area (Å²) >= 11 is 0. The number of rotatable bonds is 10. The van der Waals surface area contributed by atoms with E-state index in [4.69, 9.17) is 9.47 Å². The topological polar surface area (TPSA) is 54.9 Å². The molecule has 0 radical (unpaired) electrons. The van der Waals surface area contributed by atoms with Gasteiger partial charge in [0.15, 0.2) is 5.96 Å². The van der Waals surface area contributed by atoms with Gasteiger partial charge in [0.05, 0.1) is 13.2 Å². The van der Waals surface area contributed by atoms with Crippen molar-refractivity contribution in [2.45, 2.75) is 25.7 Å². The van der Waals surface area contributed by atoms with Gasteiger partial charge >= 0.3 is 0 Å². The quantitative estimate of drug-likeness (QED) is 0.241. The van der Waals surface area contributed by atoms with Gasteiger partial charge in [-0.2, -0.15) is 0 Å². The second-order valence-corrected chi connectivity index (χ2v) is 6.17. The van der Waals surface area contributed by atoms with Crippen LogP contribution >= 0.6 is 24.0 Å². The molecule has 7 heteroatoms. The SMILES string of the molecule is CN=C(NCCCOCCOC)NCC(C)(C)c1ccccc1F.I. The number of aliphatic imine (C=N–C) groups is 1. The van der Waals surface area contributed by atoms with Crippen molar-refractivity contribution in [1.29, 1.82) is 0 Å². The third kappa shape index (κ3) is 9.37. The lowest BCUT2D eigenvalue weighted by molar-refractivity contribution is 0.0698. The van der Waals surface area contributed by atoms with Crippen LogP contribution in [0.15, 0.2) is 29.3 Å². The summed E-state index contributed by atoms with van der Waals surface area (Å²) in [4.78, 5) is 4.19. The summed E-state index contributed by atoms with van der Waals surface area (Å²) in [5.74, 6) is 0.525. The van der Waals surface area contributed by atoms with Gasteiger partial charge < -0.3 is 20.1 Å². The summed E-state index contributed by atoms with van der Waals surface area (Å²) in [5, 5.41) is 6.49. The van der Waals surface area contributed by atoms with E-state index in [2.05, 4.69) is 15.6 Å². The van der Waals surface area contributed by atoms with Gasteiger partial charge in [0.2, 0.25) is 0 Å². The van der Waals surface area contributed by atoms with Crippen molar-refractivity contribution >= 4 is 29.9 Å². The van der Waals surface area contributed by atoms with Gasteiger partial charge in [-0.05, 0) is 18.1 Å². The molecular formula is C18H31FIN3O2. The van der Waals surface area contributed by atoms with Gasteiger partial charge in [-0.3, -0.25) is 4.99 Å². The first-order valence-corrected chi connectivity index (χ1v) is 8.27. The Hall–Kier alpha value is -0.930. The molecule has 0 atom stereocenters. The Morgan fingerprint density at radius 2 is 1.88 bits per heavy atom. The summed E-state index contributed by atoms with van der Waals surface area (Å²) in [6.07, 6.45) is 0.876. The molecule has 0 bridgehead atoms. The summed E-state index contributed by atoms with van der Waals surface area (Å²) < 4.78 is 24.3. The molecule has 0 heterocycles. The summed E-state index contributed by atoms with van der Waals surface area (Å²) in [5.41, 5.74) is 0.353. The fourth-order valence-corrected chi connectivity index (χ4v) is 2.26. The van der Waals surface area contributed by atoms with Crippen molar-refractivity contribution < 1.29 is 13.9 Å². The Bertz CT molecular complexity index is 513. The van der Waals surface area contributed by atoms with Gasteiger partial charge in [0.1, 0.15) is 5.82 Å². The molecule has 0 aromatic heterocycles. The van der Waals surface area contributed by atoms with Crippen LogP contribution in [0.4, 0.5) is 4.39 Å². The highest BCUT2D eigenvalue weighted by Crippen LogP contribution is 2.24. The number of methoxy groups -OCH3 is 1. The number of guanidine groups is 1. The molecule has 2 N–H and O–H groups in total. The molecular weight excluding hydrogens is 436 g/mol. The van der Waals surface area contributed by atoms with Crippen LogP contribution in [-0.4, -0.2) is 53.0 Å². The summed E-state index contributed by atoms with van der Waals surface area (Å²) in [6.45, 7) is 7.26. The zero-order chi connectivity index (χ0) is 17.8. The molecule has 0 fully saturated rings. The number of nitrogens with one attached hydrogen (secondary N) is 2. The van der Waals surface area contributed by atoms with Crippen molar-refractivity contribution in [1.82, 2.24) is 10.6 Å². The second kappa shape index (κ2) is 13.3. The monoisotopic (exact) mass is 467 g/mol. The molecule has 1 rings (SSSR count). The third-order valence-corrected chi connectivity index (χ3v) is 3.71. The Labute approximate surface area is 167 Å². The van der Waals surface area contributed by atoms with E-state index < -0.39 is 0 Å². The minimum atomic E-state index is -0.341. The zero-order valence-corrected chi connectivity index (χ0v) is 17.9. The molecule has 0 aliphatic carbocycles. The summed E-state index contributed by atoms with van der Waals surface area (Å²) in [6, 6.07) is 6.88. The van der Waals surface area contributed by atoms with E-state index in [0.717, 1.165) is 13.0 Å². The van der Waals surface area contributed by atoms with Crippen molar-refractivity contribution in [3.8, 4) is 0 Å². The zero-order valence-electron chi connectivity index (χ0n) is 15.6. The second-order valence-electron chi connectivity index (χ2n) is 6.17. The van der Waals surface area contributed by atoms with E-state index in [9.17, 15) is 4.39 Å². The predicted molar refractivity (Wildman–Crippen MR) is 112 cm³/mol. The van der Waals surface area contributed by atoms with E-state index in [-0.39, 0.29) is 35.2 Å². The molecule has 0 spiro atoms. The van der Waals surface area contributed by atoms with Crippen molar-refractivity contribution in [2.24, 2.45) is 4.99 Å². The van der Waals surface area contributed by atoms with Gasteiger partial charge in [-0.1, -0.05) is 32.0 Å². The highest BCUT2D eigenvalue weighted by Gasteiger charge is 2.24. The van der Waals surface area contributed by atoms with Crippen LogP contribution in [0.25, 0.3) is 0 Å².